The fourth-order valence-electron chi connectivity index (χ4n) is 2.16. The molecule has 0 aliphatic carbocycles. The van der Waals surface area contributed by atoms with Crippen molar-refractivity contribution >= 4 is 38.5 Å². The topological polar surface area (TPSA) is 74.3 Å². The predicted octanol–water partition coefficient (Wildman–Crippen LogP) is 2.47. The lowest BCUT2D eigenvalue weighted by Gasteiger charge is -2.26. The van der Waals surface area contributed by atoms with E-state index in [0.29, 0.717) is 5.13 Å². The van der Waals surface area contributed by atoms with Gasteiger partial charge < -0.3 is 10.6 Å². The van der Waals surface area contributed by atoms with Crippen LogP contribution in [0.3, 0.4) is 0 Å². The lowest BCUT2D eigenvalue weighted by atomic mass is 10.1. The number of benzene rings is 1. The summed E-state index contributed by atoms with van der Waals surface area (Å²) in [5.74, 6) is -0.287. The number of nitrogens with zero attached hydrogens (tertiary/aromatic N) is 2. The quantitative estimate of drug-likeness (QED) is 0.870. The van der Waals surface area contributed by atoms with E-state index in [1.165, 1.54) is 11.3 Å². The maximum absolute atomic E-state index is 12.4. The highest BCUT2D eigenvalue weighted by Crippen LogP contribution is 2.25. The molecule has 2 aromatic rings. The molecule has 0 spiro atoms. The molecule has 130 valence electrons. The minimum absolute atomic E-state index is 0.107. The third-order valence-electron chi connectivity index (χ3n) is 3.47. The second kappa shape index (κ2) is 7.27. The molecule has 1 unspecified atom stereocenters. The van der Waals surface area contributed by atoms with Gasteiger partial charge >= 0.3 is 0 Å². The lowest BCUT2D eigenvalue weighted by Crippen LogP contribution is -2.49. The molecule has 0 saturated heterocycles. The Bertz CT molecular complexity index is 703. The van der Waals surface area contributed by atoms with Crippen molar-refractivity contribution in [1.29, 1.82) is 0 Å². The first-order chi connectivity index (χ1) is 11.2. The van der Waals surface area contributed by atoms with E-state index in [0.717, 1.165) is 10.2 Å². The van der Waals surface area contributed by atoms with E-state index in [1.54, 1.807) is 18.9 Å². The number of nitrogens with one attached hydrogen (secondary N) is 2. The van der Waals surface area contributed by atoms with E-state index in [2.05, 4.69) is 15.6 Å². The van der Waals surface area contributed by atoms with Crippen LogP contribution in [0.2, 0.25) is 0 Å². The molecule has 0 fully saturated rings. The third-order valence-corrected chi connectivity index (χ3v) is 4.42. The number of thiazole rings is 1. The van der Waals surface area contributed by atoms with E-state index in [1.807, 2.05) is 45.0 Å². The molecule has 0 aliphatic rings. The molecule has 2 amide bonds. The van der Waals surface area contributed by atoms with Gasteiger partial charge in [0.1, 0.15) is 0 Å². The fourth-order valence-corrected chi connectivity index (χ4v) is 3.03. The fraction of sp³-hybridized carbons (Fsp3) is 0.471. The minimum Gasteiger partial charge on any atom is -0.350 e. The number of fused-ring (bicyclic) bond motifs is 1. The molecular formula is C17H24N4O2S. The standard InChI is InChI=1S/C17H24N4O2S/c1-11(21(5)10-14(22)20-17(2,3)4)15(23)19-16-18-12-8-6-7-9-13(12)24-16/h6-9,11H,10H2,1-5H3,(H,20,22)(H,18,19,23). The summed E-state index contributed by atoms with van der Waals surface area (Å²) in [5.41, 5.74) is 0.577. The van der Waals surface area contributed by atoms with Crippen molar-refractivity contribution in [2.24, 2.45) is 0 Å². The smallest absolute Gasteiger partial charge is 0.243 e. The predicted molar refractivity (Wildman–Crippen MR) is 98.2 cm³/mol. The molecule has 2 N–H and O–H groups in total. The normalized spacial score (nSPS) is 13.1. The molecule has 0 aliphatic heterocycles. The highest BCUT2D eigenvalue weighted by Gasteiger charge is 2.22. The Morgan fingerprint density at radius 3 is 2.58 bits per heavy atom. The monoisotopic (exact) mass is 348 g/mol. The van der Waals surface area contributed by atoms with Crippen LogP contribution in [0.4, 0.5) is 5.13 Å². The maximum atomic E-state index is 12.4. The zero-order valence-corrected chi connectivity index (χ0v) is 15.5. The van der Waals surface area contributed by atoms with Crippen LogP contribution >= 0.6 is 11.3 Å². The number of para-hydroxylation sites is 1. The van der Waals surface area contributed by atoms with Gasteiger partial charge in [-0.3, -0.25) is 14.5 Å². The summed E-state index contributed by atoms with van der Waals surface area (Å²) >= 11 is 1.44. The Kier molecular flexibility index (Phi) is 5.56. The molecule has 2 rings (SSSR count). The first-order valence-electron chi connectivity index (χ1n) is 7.83. The maximum Gasteiger partial charge on any atom is 0.243 e. The summed E-state index contributed by atoms with van der Waals surface area (Å²) in [6.07, 6.45) is 0. The number of carbonyl (C=O) groups is 2. The SMILES string of the molecule is CC(C(=O)Nc1nc2ccccc2s1)N(C)CC(=O)NC(C)(C)C. The van der Waals surface area contributed by atoms with Gasteiger partial charge in [-0.1, -0.05) is 23.5 Å². The van der Waals surface area contributed by atoms with Crippen molar-refractivity contribution in [1.82, 2.24) is 15.2 Å². The number of aromatic nitrogens is 1. The molecule has 0 bridgehead atoms. The van der Waals surface area contributed by atoms with Crippen LogP contribution in [-0.2, 0) is 9.59 Å². The second-order valence-electron chi connectivity index (χ2n) is 6.87. The molecule has 1 aromatic carbocycles. The Morgan fingerprint density at radius 2 is 1.96 bits per heavy atom. The minimum atomic E-state index is -0.442. The second-order valence-corrected chi connectivity index (χ2v) is 7.90. The first kappa shape index (κ1) is 18.4. The molecule has 1 atom stereocenters. The highest BCUT2D eigenvalue weighted by molar-refractivity contribution is 7.22. The van der Waals surface area contributed by atoms with Gasteiger partial charge in [-0.05, 0) is 46.9 Å². The van der Waals surface area contributed by atoms with Crippen LogP contribution in [-0.4, -0.2) is 46.9 Å². The highest BCUT2D eigenvalue weighted by atomic mass is 32.1. The molecular weight excluding hydrogens is 324 g/mol. The van der Waals surface area contributed by atoms with Crippen LogP contribution in [0, 0.1) is 0 Å². The molecule has 0 radical (unpaired) electrons. The van der Waals surface area contributed by atoms with E-state index < -0.39 is 6.04 Å². The van der Waals surface area contributed by atoms with Crippen LogP contribution in [0.15, 0.2) is 24.3 Å². The molecule has 1 heterocycles. The summed E-state index contributed by atoms with van der Waals surface area (Å²) in [4.78, 5) is 30.5. The van der Waals surface area contributed by atoms with E-state index >= 15 is 0 Å². The van der Waals surface area contributed by atoms with Crippen LogP contribution in [0.1, 0.15) is 27.7 Å². The molecule has 1 aromatic heterocycles. The van der Waals surface area contributed by atoms with E-state index in [4.69, 9.17) is 0 Å². The van der Waals surface area contributed by atoms with Crippen LogP contribution < -0.4 is 10.6 Å². The van der Waals surface area contributed by atoms with Crippen molar-refractivity contribution in [3.05, 3.63) is 24.3 Å². The average molecular weight is 348 g/mol. The van der Waals surface area contributed by atoms with Gasteiger partial charge in [-0.25, -0.2) is 4.98 Å². The Morgan fingerprint density at radius 1 is 1.29 bits per heavy atom. The number of anilines is 1. The van der Waals surface area contributed by atoms with Crippen molar-refractivity contribution in [3.8, 4) is 0 Å². The summed E-state index contributed by atoms with van der Waals surface area (Å²) in [7, 11) is 1.75. The number of amides is 2. The average Bonchev–Trinajstić information content (AvgIpc) is 2.86. The number of likely N-dealkylation sites (N-methyl/N-ethyl adjacent to an activating group) is 1. The first-order valence-corrected chi connectivity index (χ1v) is 8.65. The Balaban J connectivity index is 1.94. The zero-order chi connectivity index (χ0) is 17.9. The lowest BCUT2D eigenvalue weighted by molar-refractivity contribution is -0.125. The van der Waals surface area contributed by atoms with Gasteiger partial charge in [-0.15, -0.1) is 0 Å². The Hall–Kier alpha value is -1.99. The molecule has 0 saturated carbocycles. The van der Waals surface area contributed by atoms with Crippen molar-refractivity contribution in [2.45, 2.75) is 39.3 Å². The van der Waals surface area contributed by atoms with Gasteiger partial charge in [0.15, 0.2) is 5.13 Å². The van der Waals surface area contributed by atoms with Crippen LogP contribution in [0.25, 0.3) is 10.2 Å². The van der Waals surface area contributed by atoms with Gasteiger partial charge in [-0.2, -0.15) is 0 Å². The van der Waals surface area contributed by atoms with Crippen LogP contribution in [0.5, 0.6) is 0 Å². The van der Waals surface area contributed by atoms with Crippen molar-refractivity contribution in [3.63, 3.8) is 0 Å². The van der Waals surface area contributed by atoms with Gasteiger partial charge in [0.25, 0.3) is 0 Å². The van der Waals surface area contributed by atoms with Crippen molar-refractivity contribution < 1.29 is 9.59 Å². The molecule has 7 heteroatoms. The number of hydrogen-bond acceptors (Lipinski definition) is 5. The number of hydrogen-bond donors (Lipinski definition) is 2. The number of rotatable bonds is 5. The molecule has 24 heavy (non-hydrogen) atoms. The molecule has 6 nitrogen and oxygen atoms in total. The summed E-state index contributed by atoms with van der Waals surface area (Å²) in [6.45, 7) is 7.70. The zero-order valence-electron chi connectivity index (χ0n) is 14.7. The van der Waals surface area contributed by atoms with Gasteiger partial charge in [0, 0.05) is 5.54 Å². The third kappa shape index (κ3) is 5.01. The summed E-state index contributed by atoms with van der Waals surface area (Å²) < 4.78 is 1.03. The van der Waals surface area contributed by atoms with E-state index in [-0.39, 0.29) is 23.9 Å². The largest absolute Gasteiger partial charge is 0.350 e. The van der Waals surface area contributed by atoms with E-state index in [9.17, 15) is 9.59 Å². The van der Waals surface area contributed by atoms with Crippen molar-refractivity contribution in [2.75, 3.05) is 18.9 Å². The number of carbonyl (C=O) groups excluding carboxylic acids is 2. The summed E-state index contributed by atoms with van der Waals surface area (Å²) in [5, 5.41) is 6.29. The Labute approximate surface area is 146 Å². The summed E-state index contributed by atoms with van der Waals surface area (Å²) in [6, 6.07) is 7.29. The van der Waals surface area contributed by atoms with Gasteiger partial charge in [0.05, 0.1) is 22.8 Å². The van der Waals surface area contributed by atoms with Gasteiger partial charge in [0.2, 0.25) is 11.8 Å².